The van der Waals surface area contributed by atoms with Crippen LogP contribution in [0, 0.1) is 0 Å². The molecule has 0 N–H and O–H groups in total. The number of rotatable bonds is 6. The maximum absolute atomic E-state index is 5.17. The van der Waals surface area contributed by atoms with Crippen LogP contribution in [0.5, 0.6) is 0 Å². The molecule has 0 atom stereocenters. The first kappa shape index (κ1) is 32.6. The van der Waals surface area contributed by atoms with E-state index in [1.165, 1.54) is 51.5 Å². The van der Waals surface area contributed by atoms with Gasteiger partial charge in [-0.2, -0.15) is 0 Å². The molecule has 3 aromatic heterocycles. The Kier molecular flexibility index (Phi) is 7.87. The van der Waals surface area contributed by atoms with Gasteiger partial charge in [-0.05, 0) is 57.6 Å². The molecule has 0 aliphatic carbocycles. The lowest BCUT2D eigenvalue weighted by Crippen LogP contribution is -2.01. The van der Waals surface area contributed by atoms with Gasteiger partial charge in [0.1, 0.15) is 0 Å². The maximum atomic E-state index is 5.17. The summed E-state index contributed by atoms with van der Waals surface area (Å²) >= 11 is 3.69. The molecule has 0 saturated carbocycles. The van der Waals surface area contributed by atoms with Crippen LogP contribution in [-0.4, -0.2) is 15.0 Å². The molecule has 3 heterocycles. The van der Waals surface area contributed by atoms with Crippen molar-refractivity contribution < 1.29 is 0 Å². The molecule has 0 saturated heterocycles. The zero-order valence-electron chi connectivity index (χ0n) is 30.1. The molecule has 0 aliphatic rings. The summed E-state index contributed by atoms with van der Waals surface area (Å²) in [7, 11) is 0. The molecule has 11 rings (SSSR count). The highest BCUT2D eigenvalue weighted by atomic mass is 32.1. The van der Waals surface area contributed by atoms with Crippen LogP contribution in [-0.2, 0) is 0 Å². The van der Waals surface area contributed by atoms with Crippen LogP contribution in [0.2, 0.25) is 0 Å². The van der Waals surface area contributed by atoms with Crippen molar-refractivity contribution in [1.29, 1.82) is 0 Å². The predicted molar refractivity (Wildman–Crippen MR) is 238 cm³/mol. The van der Waals surface area contributed by atoms with E-state index in [9.17, 15) is 0 Å². The van der Waals surface area contributed by atoms with Gasteiger partial charge in [-0.1, -0.05) is 164 Å². The van der Waals surface area contributed by atoms with Crippen molar-refractivity contribution in [1.82, 2.24) is 15.0 Å². The van der Waals surface area contributed by atoms with Crippen molar-refractivity contribution >= 4 is 63.0 Å². The third-order valence-electron chi connectivity index (χ3n) is 10.6. The summed E-state index contributed by atoms with van der Waals surface area (Å²) in [6, 6.07) is 66.7. The zero-order valence-corrected chi connectivity index (χ0v) is 31.7. The quantitative estimate of drug-likeness (QED) is 0.170. The van der Waals surface area contributed by atoms with Gasteiger partial charge in [0, 0.05) is 57.0 Å². The van der Waals surface area contributed by atoms with E-state index >= 15 is 0 Å². The van der Waals surface area contributed by atoms with Crippen LogP contribution in [0.3, 0.4) is 0 Å². The fourth-order valence-corrected chi connectivity index (χ4v) is 10.2. The molecule has 0 unspecified atom stereocenters. The molecule has 5 heteroatoms. The molecule has 0 fully saturated rings. The Morgan fingerprint density at radius 1 is 0.250 bits per heavy atom. The van der Waals surface area contributed by atoms with E-state index in [2.05, 4.69) is 182 Å². The average molecular weight is 750 g/mol. The Labute approximate surface area is 331 Å². The van der Waals surface area contributed by atoms with E-state index in [-0.39, 0.29) is 0 Å². The lowest BCUT2D eigenvalue weighted by molar-refractivity contribution is 1.07. The van der Waals surface area contributed by atoms with Crippen LogP contribution in [0.15, 0.2) is 188 Å². The lowest BCUT2D eigenvalue weighted by atomic mass is 9.98. The van der Waals surface area contributed by atoms with Gasteiger partial charge >= 0.3 is 0 Å². The Morgan fingerprint density at radius 2 is 0.625 bits per heavy atom. The maximum Gasteiger partial charge on any atom is 0.164 e. The topological polar surface area (TPSA) is 38.7 Å². The average Bonchev–Trinajstić information content (AvgIpc) is 3.86. The summed E-state index contributed by atoms with van der Waals surface area (Å²) in [6.07, 6.45) is 0. The van der Waals surface area contributed by atoms with Crippen molar-refractivity contribution in [2.75, 3.05) is 0 Å². The van der Waals surface area contributed by atoms with E-state index < -0.39 is 0 Å². The second-order valence-electron chi connectivity index (χ2n) is 13.9. The second kappa shape index (κ2) is 13.5. The van der Waals surface area contributed by atoms with Crippen LogP contribution >= 0.6 is 22.7 Å². The monoisotopic (exact) mass is 749 g/mol. The first-order valence-corrected chi connectivity index (χ1v) is 20.3. The highest BCUT2D eigenvalue weighted by molar-refractivity contribution is 7.26. The van der Waals surface area contributed by atoms with E-state index in [1.54, 1.807) is 0 Å². The molecule has 0 spiro atoms. The fourth-order valence-electron chi connectivity index (χ4n) is 7.93. The number of nitrogens with zero attached hydrogens (tertiary/aromatic N) is 3. The number of benzene rings is 8. The fraction of sp³-hybridized carbons (Fsp3) is 0. The molecule has 0 bridgehead atoms. The number of hydrogen-bond acceptors (Lipinski definition) is 5. The van der Waals surface area contributed by atoms with E-state index in [0.29, 0.717) is 17.5 Å². The van der Waals surface area contributed by atoms with Gasteiger partial charge in [0.15, 0.2) is 17.5 Å². The summed E-state index contributed by atoms with van der Waals surface area (Å²) in [6.45, 7) is 0. The molecule has 0 radical (unpaired) electrons. The highest BCUT2D eigenvalue weighted by Gasteiger charge is 2.17. The molecule has 11 aromatic rings. The van der Waals surface area contributed by atoms with Gasteiger partial charge in [0.05, 0.1) is 0 Å². The van der Waals surface area contributed by atoms with Crippen molar-refractivity contribution in [2.24, 2.45) is 0 Å². The third kappa shape index (κ3) is 5.60. The summed E-state index contributed by atoms with van der Waals surface area (Å²) < 4.78 is 5.20. The SMILES string of the molecule is c1ccc(-c2ccccc2-c2nc(-c3ccc(-c4cccc5sc6ccccc6c45)cc3)nc(-c3ccc(-c4cccc5sc6ccccc6c45)cc3)n2)cc1. The number of fused-ring (bicyclic) bond motifs is 6. The first-order valence-electron chi connectivity index (χ1n) is 18.7. The summed E-state index contributed by atoms with van der Waals surface area (Å²) in [4.78, 5) is 15.5. The van der Waals surface area contributed by atoms with Crippen LogP contribution in [0.25, 0.3) is 108 Å². The van der Waals surface area contributed by atoms with Gasteiger partial charge in [0.25, 0.3) is 0 Å². The van der Waals surface area contributed by atoms with Gasteiger partial charge in [-0.25, -0.2) is 15.0 Å². The Hall–Kier alpha value is -6.79. The Bertz CT molecular complexity index is 3060. The third-order valence-corrected chi connectivity index (χ3v) is 12.9. The Balaban J connectivity index is 1.03. The number of aromatic nitrogens is 3. The smallest absolute Gasteiger partial charge is 0.164 e. The van der Waals surface area contributed by atoms with Gasteiger partial charge < -0.3 is 0 Å². The van der Waals surface area contributed by atoms with Gasteiger partial charge in [0.2, 0.25) is 0 Å². The van der Waals surface area contributed by atoms with Crippen molar-refractivity contribution in [3.05, 3.63) is 188 Å². The molecule has 3 nitrogen and oxygen atoms in total. The van der Waals surface area contributed by atoms with E-state index in [0.717, 1.165) is 38.9 Å². The minimum atomic E-state index is 0.636. The van der Waals surface area contributed by atoms with Crippen molar-refractivity contribution in [3.63, 3.8) is 0 Å². The number of thiophene rings is 2. The summed E-state index contributed by atoms with van der Waals surface area (Å²) in [5.74, 6) is 1.91. The zero-order chi connectivity index (χ0) is 37.0. The lowest BCUT2D eigenvalue weighted by Gasteiger charge is -2.13. The predicted octanol–water partition coefficient (Wildman–Crippen LogP) is 14.6. The molecule has 0 amide bonds. The van der Waals surface area contributed by atoms with Crippen molar-refractivity contribution in [2.45, 2.75) is 0 Å². The molecular formula is C51H31N3S2. The minimum Gasteiger partial charge on any atom is -0.208 e. The van der Waals surface area contributed by atoms with Crippen molar-refractivity contribution in [3.8, 4) is 67.5 Å². The van der Waals surface area contributed by atoms with Crippen LogP contribution in [0.1, 0.15) is 0 Å². The second-order valence-corrected chi connectivity index (χ2v) is 16.1. The largest absolute Gasteiger partial charge is 0.208 e. The molecule has 262 valence electrons. The van der Waals surface area contributed by atoms with Gasteiger partial charge in [-0.3, -0.25) is 0 Å². The molecule has 56 heavy (non-hydrogen) atoms. The number of hydrogen-bond donors (Lipinski definition) is 0. The van der Waals surface area contributed by atoms with E-state index in [4.69, 9.17) is 15.0 Å². The van der Waals surface area contributed by atoms with Crippen LogP contribution in [0.4, 0.5) is 0 Å². The van der Waals surface area contributed by atoms with E-state index in [1.807, 2.05) is 28.7 Å². The van der Waals surface area contributed by atoms with Crippen LogP contribution < -0.4 is 0 Å². The molecule has 0 aliphatic heterocycles. The summed E-state index contributed by atoms with van der Waals surface area (Å²) in [5.41, 5.74) is 9.81. The first-order chi connectivity index (χ1) is 27.7. The summed E-state index contributed by atoms with van der Waals surface area (Å²) in [5, 5.41) is 5.19. The molecule has 8 aromatic carbocycles. The normalized spacial score (nSPS) is 11.6. The highest BCUT2D eigenvalue weighted by Crippen LogP contribution is 2.42. The minimum absolute atomic E-state index is 0.636. The standard InChI is InChI=1S/C51H31N3S2/c1-2-12-32(13-3-1)37-14-4-5-15-40(37)51-53-49(35-28-24-33(25-29-35)38-18-10-22-45-47(38)41-16-6-8-20-43(41)55-45)52-50(54-51)36-30-26-34(27-31-36)39-19-11-23-46-48(39)42-17-7-9-21-44(42)56-46/h1-31H. The Morgan fingerprint density at radius 3 is 1.16 bits per heavy atom. The van der Waals surface area contributed by atoms with Gasteiger partial charge in [-0.15, -0.1) is 22.7 Å². The molecular weight excluding hydrogens is 719 g/mol.